The average Bonchev–Trinajstić information content (AvgIpc) is 2.60. The van der Waals surface area contributed by atoms with Crippen molar-refractivity contribution < 1.29 is 9.63 Å². The molecule has 2 aromatic rings. The van der Waals surface area contributed by atoms with Gasteiger partial charge in [0.25, 0.3) is 0 Å². The number of hydroxylamine groups is 2. The van der Waals surface area contributed by atoms with Gasteiger partial charge in [-0.15, -0.1) is 0 Å². The lowest BCUT2D eigenvalue weighted by molar-refractivity contribution is -0.160. The molecule has 1 aromatic heterocycles. The first kappa shape index (κ1) is 15.5. The predicted molar refractivity (Wildman–Crippen MR) is 90.2 cm³/mol. The molecule has 1 amide bonds. The minimum absolute atomic E-state index is 0.139. The van der Waals surface area contributed by atoms with Gasteiger partial charge in [-0.3, -0.25) is 9.78 Å². The van der Waals surface area contributed by atoms with Crippen LogP contribution in [0.15, 0.2) is 30.5 Å². The molecule has 0 radical (unpaired) electrons. The molecule has 4 rings (SSSR count). The maximum absolute atomic E-state index is 12.6. The Balaban J connectivity index is 1.36. The summed E-state index contributed by atoms with van der Waals surface area (Å²) in [6, 6.07) is 7.89. The number of aromatic nitrogens is 2. The van der Waals surface area contributed by atoms with Crippen molar-refractivity contribution in [2.45, 2.75) is 18.8 Å². The lowest BCUT2D eigenvalue weighted by atomic mass is 9.90. The van der Waals surface area contributed by atoms with Crippen molar-refractivity contribution >= 4 is 16.9 Å². The van der Waals surface area contributed by atoms with E-state index in [-0.39, 0.29) is 11.8 Å². The number of amides is 1. The molecule has 0 saturated carbocycles. The van der Waals surface area contributed by atoms with Crippen molar-refractivity contribution in [1.82, 2.24) is 19.9 Å². The fraction of sp³-hybridized carbons (Fsp3) is 0.500. The van der Waals surface area contributed by atoms with Gasteiger partial charge in [-0.25, -0.2) is 4.98 Å². The molecule has 0 unspecified atom stereocenters. The molecule has 3 heterocycles. The Morgan fingerprint density at radius 3 is 2.58 bits per heavy atom. The number of nitrogens with zero attached hydrogens (tertiary/aromatic N) is 4. The summed E-state index contributed by atoms with van der Waals surface area (Å²) in [6.45, 7) is 3.19. The number of likely N-dealkylation sites (tertiary alicyclic amines) is 1. The second-order valence-corrected chi connectivity index (χ2v) is 6.61. The van der Waals surface area contributed by atoms with Crippen LogP contribution in [-0.4, -0.2) is 59.1 Å². The highest BCUT2D eigenvalue weighted by molar-refractivity contribution is 5.80. The van der Waals surface area contributed by atoms with Gasteiger partial charge in [-0.05, 0) is 25.0 Å². The zero-order chi connectivity index (χ0) is 16.5. The second-order valence-electron chi connectivity index (χ2n) is 6.61. The van der Waals surface area contributed by atoms with Crippen LogP contribution < -0.4 is 0 Å². The normalized spacial score (nSPS) is 20.3. The third kappa shape index (κ3) is 2.87. The van der Waals surface area contributed by atoms with Gasteiger partial charge in [0.1, 0.15) is 0 Å². The lowest BCUT2D eigenvalue weighted by Gasteiger charge is -2.42. The molecule has 0 spiro atoms. The SMILES string of the molecule is CON1CCC(C(=O)N2CC(c3cnc4ccccc4n3)C2)CC1. The largest absolute Gasteiger partial charge is 0.341 e. The molecule has 126 valence electrons. The minimum Gasteiger partial charge on any atom is -0.341 e. The van der Waals surface area contributed by atoms with Gasteiger partial charge < -0.3 is 9.74 Å². The maximum Gasteiger partial charge on any atom is 0.225 e. The van der Waals surface area contributed by atoms with Gasteiger partial charge in [-0.1, -0.05) is 12.1 Å². The molecule has 2 aliphatic heterocycles. The highest BCUT2D eigenvalue weighted by Gasteiger charge is 2.37. The molecule has 0 N–H and O–H groups in total. The van der Waals surface area contributed by atoms with Gasteiger partial charge in [0.15, 0.2) is 0 Å². The van der Waals surface area contributed by atoms with Crippen LogP contribution in [0.4, 0.5) is 0 Å². The Kier molecular flexibility index (Phi) is 4.16. The van der Waals surface area contributed by atoms with Crippen molar-refractivity contribution in [2.75, 3.05) is 33.3 Å². The van der Waals surface area contributed by atoms with Gasteiger partial charge >= 0.3 is 0 Å². The van der Waals surface area contributed by atoms with Crippen LogP contribution in [0.1, 0.15) is 24.5 Å². The highest BCUT2D eigenvalue weighted by atomic mass is 16.7. The quantitative estimate of drug-likeness (QED) is 0.861. The molecule has 2 saturated heterocycles. The van der Waals surface area contributed by atoms with E-state index in [1.165, 1.54) is 0 Å². The van der Waals surface area contributed by atoms with E-state index in [1.54, 1.807) is 7.11 Å². The molecular weight excluding hydrogens is 304 g/mol. The van der Waals surface area contributed by atoms with E-state index in [9.17, 15) is 4.79 Å². The van der Waals surface area contributed by atoms with E-state index in [0.717, 1.165) is 55.7 Å². The number of fused-ring (bicyclic) bond motifs is 1. The molecule has 6 nitrogen and oxygen atoms in total. The fourth-order valence-corrected chi connectivity index (χ4v) is 3.56. The summed E-state index contributed by atoms with van der Waals surface area (Å²) >= 11 is 0. The molecular formula is C18H22N4O2. The van der Waals surface area contributed by atoms with Crippen molar-refractivity contribution in [3.05, 3.63) is 36.2 Å². The Bertz CT molecular complexity index is 737. The number of para-hydroxylation sites is 2. The van der Waals surface area contributed by atoms with Gasteiger partial charge in [-0.2, -0.15) is 5.06 Å². The van der Waals surface area contributed by atoms with Gasteiger partial charge in [0.05, 0.1) is 23.8 Å². The van der Waals surface area contributed by atoms with E-state index < -0.39 is 0 Å². The van der Waals surface area contributed by atoms with E-state index in [4.69, 9.17) is 9.82 Å². The third-order valence-corrected chi connectivity index (χ3v) is 5.14. The fourth-order valence-electron chi connectivity index (χ4n) is 3.56. The number of hydrogen-bond acceptors (Lipinski definition) is 5. The molecule has 6 heteroatoms. The zero-order valence-electron chi connectivity index (χ0n) is 13.9. The number of carbonyl (C=O) groups excluding carboxylic acids is 1. The molecule has 0 atom stereocenters. The van der Waals surface area contributed by atoms with Gasteiger partial charge in [0, 0.05) is 44.2 Å². The Morgan fingerprint density at radius 2 is 1.88 bits per heavy atom. The van der Waals surface area contributed by atoms with Crippen LogP contribution in [0.5, 0.6) is 0 Å². The van der Waals surface area contributed by atoms with E-state index in [2.05, 4.69) is 4.98 Å². The summed E-state index contributed by atoms with van der Waals surface area (Å²) in [5.74, 6) is 0.737. The van der Waals surface area contributed by atoms with E-state index in [1.807, 2.05) is 40.4 Å². The van der Waals surface area contributed by atoms with Crippen molar-refractivity contribution in [2.24, 2.45) is 5.92 Å². The van der Waals surface area contributed by atoms with Crippen molar-refractivity contribution in [3.63, 3.8) is 0 Å². The number of carbonyl (C=O) groups is 1. The van der Waals surface area contributed by atoms with Crippen LogP contribution in [0.2, 0.25) is 0 Å². The summed E-state index contributed by atoms with van der Waals surface area (Å²) in [5.41, 5.74) is 2.83. The van der Waals surface area contributed by atoms with Crippen LogP contribution in [0.25, 0.3) is 11.0 Å². The third-order valence-electron chi connectivity index (χ3n) is 5.14. The molecule has 0 aliphatic carbocycles. The van der Waals surface area contributed by atoms with E-state index in [0.29, 0.717) is 5.92 Å². The number of piperidine rings is 1. The molecule has 2 aliphatic rings. The summed E-state index contributed by atoms with van der Waals surface area (Å²) < 4.78 is 0. The average molecular weight is 326 g/mol. The molecule has 1 aromatic carbocycles. The van der Waals surface area contributed by atoms with Crippen molar-refractivity contribution in [3.8, 4) is 0 Å². The summed E-state index contributed by atoms with van der Waals surface area (Å²) in [6.07, 6.45) is 3.61. The second kappa shape index (κ2) is 6.45. The molecule has 0 bridgehead atoms. The lowest BCUT2D eigenvalue weighted by Crippen LogP contribution is -2.52. The Labute approximate surface area is 141 Å². The van der Waals surface area contributed by atoms with Crippen LogP contribution in [0.3, 0.4) is 0 Å². The summed E-state index contributed by atoms with van der Waals surface area (Å²) in [5, 5.41) is 1.92. The van der Waals surface area contributed by atoms with Crippen molar-refractivity contribution in [1.29, 1.82) is 0 Å². The zero-order valence-corrected chi connectivity index (χ0v) is 13.9. The number of rotatable bonds is 3. The van der Waals surface area contributed by atoms with Crippen LogP contribution in [0, 0.1) is 5.92 Å². The monoisotopic (exact) mass is 326 g/mol. The minimum atomic E-state index is 0.139. The standard InChI is InChI=1S/C18H22N4O2/c1-24-22-8-6-13(7-9-22)18(23)21-11-14(12-21)17-10-19-15-4-2-3-5-16(15)20-17/h2-5,10,13-14H,6-9,11-12H2,1H3. The summed E-state index contributed by atoms with van der Waals surface area (Å²) in [4.78, 5) is 29.0. The smallest absolute Gasteiger partial charge is 0.225 e. The molecule has 2 fully saturated rings. The molecule has 24 heavy (non-hydrogen) atoms. The topological polar surface area (TPSA) is 58.6 Å². The Hall–Kier alpha value is -2.05. The first-order chi connectivity index (χ1) is 11.7. The first-order valence-electron chi connectivity index (χ1n) is 8.54. The van der Waals surface area contributed by atoms with Crippen LogP contribution in [-0.2, 0) is 9.63 Å². The predicted octanol–water partition coefficient (Wildman–Crippen LogP) is 1.83. The Morgan fingerprint density at radius 1 is 1.17 bits per heavy atom. The number of hydrogen-bond donors (Lipinski definition) is 0. The highest BCUT2D eigenvalue weighted by Crippen LogP contribution is 2.29. The van der Waals surface area contributed by atoms with Crippen LogP contribution >= 0.6 is 0 Å². The summed E-state index contributed by atoms with van der Waals surface area (Å²) in [7, 11) is 1.69. The first-order valence-corrected chi connectivity index (χ1v) is 8.54. The van der Waals surface area contributed by atoms with Gasteiger partial charge in [0.2, 0.25) is 5.91 Å². The number of benzene rings is 1. The van der Waals surface area contributed by atoms with E-state index >= 15 is 0 Å². The maximum atomic E-state index is 12.6.